The summed E-state index contributed by atoms with van der Waals surface area (Å²) in [5.74, 6) is 0.405. The quantitative estimate of drug-likeness (QED) is 0.305. The summed E-state index contributed by atoms with van der Waals surface area (Å²) in [4.78, 5) is 11.7. The SMILES string of the molecule is COC(=O)/C(C#N)=C/c1ccc(OCc2ccccc2)c(OCc2ccccc2)c1. The normalized spacial score (nSPS) is 10.7. The van der Waals surface area contributed by atoms with Crippen molar-refractivity contribution in [1.82, 2.24) is 0 Å². The maximum absolute atomic E-state index is 11.7. The minimum atomic E-state index is -0.686. The Bertz CT molecular complexity index is 1050. The van der Waals surface area contributed by atoms with E-state index >= 15 is 0 Å². The van der Waals surface area contributed by atoms with Crippen molar-refractivity contribution in [3.63, 3.8) is 0 Å². The molecule has 0 aliphatic carbocycles. The molecule has 0 aromatic heterocycles. The van der Waals surface area contributed by atoms with Gasteiger partial charge in [0, 0.05) is 0 Å². The van der Waals surface area contributed by atoms with Gasteiger partial charge in [0.2, 0.25) is 0 Å². The molecule has 30 heavy (non-hydrogen) atoms. The summed E-state index contributed by atoms with van der Waals surface area (Å²) in [5, 5.41) is 9.20. The number of carbonyl (C=O) groups is 1. The van der Waals surface area contributed by atoms with Crippen molar-refractivity contribution in [2.75, 3.05) is 7.11 Å². The molecule has 0 heterocycles. The van der Waals surface area contributed by atoms with Gasteiger partial charge in [-0.15, -0.1) is 0 Å². The molecule has 0 unspecified atom stereocenters. The van der Waals surface area contributed by atoms with Crippen LogP contribution in [-0.4, -0.2) is 13.1 Å². The van der Waals surface area contributed by atoms with Gasteiger partial charge in [0.05, 0.1) is 7.11 Å². The van der Waals surface area contributed by atoms with Crippen LogP contribution in [0.2, 0.25) is 0 Å². The minimum absolute atomic E-state index is 0.0931. The van der Waals surface area contributed by atoms with Crippen LogP contribution in [0.3, 0.4) is 0 Å². The number of benzene rings is 3. The van der Waals surface area contributed by atoms with E-state index in [0.717, 1.165) is 11.1 Å². The van der Waals surface area contributed by atoms with Crippen LogP contribution in [0.4, 0.5) is 0 Å². The highest BCUT2D eigenvalue weighted by Crippen LogP contribution is 2.31. The molecule has 0 amide bonds. The number of rotatable bonds is 8. The summed E-state index contributed by atoms with van der Waals surface area (Å²) in [6, 6.07) is 26.7. The molecule has 0 atom stereocenters. The number of nitrogens with zero attached hydrogens (tertiary/aromatic N) is 1. The van der Waals surface area contributed by atoms with E-state index in [4.69, 9.17) is 9.47 Å². The molecular weight excluding hydrogens is 378 g/mol. The minimum Gasteiger partial charge on any atom is -0.485 e. The Morgan fingerprint density at radius 1 is 0.867 bits per heavy atom. The first-order valence-corrected chi connectivity index (χ1v) is 9.37. The van der Waals surface area contributed by atoms with Gasteiger partial charge in [-0.05, 0) is 34.9 Å². The Balaban J connectivity index is 1.85. The number of hydrogen-bond acceptors (Lipinski definition) is 5. The predicted octanol–water partition coefficient (Wildman–Crippen LogP) is 4.92. The van der Waals surface area contributed by atoms with Gasteiger partial charge in [-0.2, -0.15) is 5.26 Å². The fourth-order valence-electron chi connectivity index (χ4n) is 2.73. The van der Waals surface area contributed by atoms with Crippen LogP contribution in [0.5, 0.6) is 11.5 Å². The molecule has 0 saturated carbocycles. The van der Waals surface area contributed by atoms with Gasteiger partial charge < -0.3 is 14.2 Å². The Labute approximate surface area is 175 Å². The van der Waals surface area contributed by atoms with E-state index in [1.54, 1.807) is 18.2 Å². The average molecular weight is 399 g/mol. The second-order valence-electron chi connectivity index (χ2n) is 6.42. The molecule has 0 bridgehead atoms. The molecule has 150 valence electrons. The van der Waals surface area contributed by atoms with Crippen LogP contribution in [0, 0.1) is 11.3 Å². The molecule has 5 nitrogen and oxygen atoms in total. The standard InChI is InChI=1S/C25H21NO4/c1-28-25(27)22(16-26)14-21-12-13-23(29-17-19-8-4-2-5-9-19)24(15-21)30-18-20-10-6-3-7-11-20/h2-15H,17-18H2,1H3/b22-14+. The van der Waals surface area contributed by atoms with E-state index in [1.807, 2.05) is 66.7 Å². The lowest BCUT2D eigenvalue weighted by Crippen LogP contribution is -2.03. The third-order valence-corrected chi connectivity index (χ3v) is 4.28. The van der Waals surface area contributed by atoms with Gasteiger partial charge in [0.1, 0.15) is 24.9 Å². The highest BCUT2D eigenvalue weighted by Gasteiger charge is 2.11. The van der Waals surface area contributed by atoms with Crippen LogP contribution in [0.1, 0.15) is 16.7 Å². The van der Waals surface area contributed by atoms with Gasteiger partial charge >= 0.3 is 5.97 Å². The average Bonchev–Trinajstić information content (AvgIpc) is 2.81. The fraction of sp³-hybridized carbons (Fsp3) is 0.120. The van der Waals surface area contributed by atoms with E-state index in [1.165, 1.54) is 13.2 Å². The maximum atomic E-state index is 11.7. The lowest BCUT2D eigenvalue weighted by Gasteiger charge is -2.14. The highest BCUT2D eigenvalue weighted by molar-refractivity contribution is 5.97. The third kappa shape index (κ3) is 5.73. The largest absolute Gasteiger partial charge is 0.485 e. The first kappa shape index (κ1) is 20.7. The number of methoxy groups -OCH3 is 1. The molecule has 0 radical (unpaired) electrons. The van der Waals surface area contributed by atoms with Crippen molar-refractivity contribution >= 4 is 12.0 Å². The molecule has 5 heteroatoms. The molecule has 0 N–H and O–H groups in total. The molecule has 0 spiro atoms. The maximum Gasteiger partial charge on any atom is 0.348 e. The van der Waals surface area contributed by atoms with Gasteiger partial charge in [0.25, 0.3) is 0 Å². The summed E-state index contributed by atoms with van der Waals surface area (Å²) in [6.07, 6.45) is 1.46. The van der Waals surface area contributed by atoms with Crippen molar-refractivity contribution in [3.05, 3.63) is 101 Å². The third-order valence-electron chi connectivity index (χ3n) is 4.28. The van der Waals surface area contributed by atoms with Crippen LogP contribution < -0.4 is 9.47 Å². The van der Waals surface area contributed by atoms with E-state index in [-0.39, 0.29) is 5.57 Å². The monoisotopic (exact) mass is 399 g/mol. The van der Waals surface area contributed by atoms with Crippen LogP contribution in [0.15, 0.2) is 84.4 Å². The molecule has 3 rings (SSSR count). The van der Waals surface area contributed by atoms with E-state index < -0.39 is 5.97 Å². The van der Waals surface area contributed by atoms with E-state index in [0.29, 0.717) is 30.3 Å². The van der Waals surface area contributed by atoms with Gasteiger partial charge in [-0.3, -0.25) is 0 Å². The molecule has 3 aromatic rings. The number of ether oxygens (including phenoxy) is 3. The van der Waals surface area contributed by atoms with Gasteiger partial charge in [-0.1, -0.05) is 66.7 Å². The van der Waals surface area contributed by atoms with Crippen molar-refractivity contribution in [1.29, 1.82) is 5.26 Å². The van der Waals surface area contributed by atoms with Gasteiger partial charge in [0.15, 0.2) is 11.5 Å². The zero-order valence-corrected chi connectivity index (χ0v) is 16.6. The fourth-order valence-corrected chi connectivity index (χ4v) is 2.73. The molecule has 0 aliphatic heterocycles. The molecule has 0 aliphatic rings. The van der Waals surface area contributed by atoms with Crippen LogP contribution >= 0.6 is 0 Å². The Kier molecular flexibility index (Phi) is 7.23. The predicted molar refractivity (Wildman–Crippen MR) is 114 cm³/mol. The molecule has 0 saturated heterocycles. The molecule has 0 fully saturated rings. The summed E-state index contributed by atoms with van der Waals surface area (Å²) >= 11 is 0. The zero-order valence-electron chi connectivity index (χ0n) is 16.6. The zero-order chi connectivity index (χ0) is 21.2. The van der Waals surface area contributed by atoms with Crippen molar-refractivity contribution in [2.24, 2.45) is 0 Å². The van der Waals surface area contributed by atoms with Crippen LogP contribution in [0.25, 0.3) is 6.08 Å². The first-order valence-electron chi connectivity index (χ1n) is 9.37. The van der Waals surface area contributed by atoms with Crippen LogP contribution in [-0.2, 0) is 22.7 Å². The number of carbonyl (C=O) groups excluding carboxylic acids is 1. The summed E-state index contributed by atoms with van der Waals surface area (Å²) in [7, 11) is 1.24. The molecule has 3 aromatic carbocycles. The van der Waals surface area contributed by atoms with Crippen molar-refractivity contribution in [2.45, 2.75) is 13.2 Å². The lowest BCUT2D eigenvalue weighted by molar-refractivity contribution is -0.135. The summed E-state index contributed by atoms with van der Waals surface area (Å²) < 4.78 is 16.6. The summed E-state index contributed by atoms with van der Waals surface area (Å²) in [5.41, 5.74) is 2.59. The van der Waals surface area contributed by atoms with E-state index in [9.17, 15) is 10.1 Å². The Morgan fingerprint density at radius 3 is 1.97 bits per heavy atom. The first-order chi connectivity index (χ1) is 14.7. The summed E-state index contributed by atoms with van der Waals surface area (Å²) in [6.45, 7) is 0.751. The highest BCUT2D eigenvalue weighted by atomic mass is 16.5. The number of esters is 1. The Morgan fingerprint density at radius 2 is 1.43 bits per heavy atom. The smallest absolute Gasteiger partial charge is 0.348 e. The van der Waals surface area contributed by atoms with Crippen molar-refractivity contribution in [3.8, 4) is 17.6 Å². The number of nitriles is 1. The van der Waals surface area contributed by atoms with E-state index in [2.05, 4.69) is 4.74 Å². The Hall–Kier alpha value is -4.04. The van der Waals surface area contributed by atoms with Crippen molar-refractivity contribution < 1.29 is 19.0 Å². The number of hydrogen-bond donors (Lipinski definition) is 0. The lowest BCUT2D eigenvalue weighted by atomic mass is 10.1. The second kappa shape index (κ2) is 10.5. The van der Waals surface area contributed by atoms with Gasteiger partial charge in [-0.25, -0.2) is 4.79 Å². The second-order valence-corrected chi connectivity index (χ2v) is 6.42. The molecular formula is C25H21NO4. The topological polar surface area (TPSA) is 68.6 Å².